The number of hydrogen-bond donors (Lipinski definition) is 2. The van der Waals surface area contributed by atoms with E-state index in [0.717, 1.165) is 11.1 Å². The molecule has 178 valence electrons. The molecular formula is C23H28N2O7S. The van der Waals surface area contributed by atoms with Gasteiger partial charge in [-0.25, -0.2) is 8.42 Å². The summed E-state index contributed by atoms with van der Waals surface area (Å²) in [5.74, 6) is -1.02. The molecule has 0 radical (unpaired) electrons. The molecule has 3 rings (SSSR count). The van der Waals surface area contributed by atoms with Gasteiger partial charge in [-0.1, -0.05) is 31.5 Å². The molecule has 0 aromatic heterocycles. The highest BCUT2D eigenvalue weighted by molar-refractivity contribution is 7.89. The summed E-state index contributed by atoms with van der Waals surface area (Å²) in [6.07, 6.45) is 0. The molecule has 2 aromatic carbocycles. The minimum absolute atomic E-state index is 0.0715. The second-order valence-corrected chi connectivity index (χ2v) is 9.84. The SMILES string of the molecule is Cc1ccc(NC(=O)COC(=O)[C@H](NS(=O)(=O)c2ccc3c(c2)OCCO3)C(C)C)c(C)c1. The van der Waals surface area contributed by atoms with Crippen molar-refractivity contribution in [3.05, 3.63) is 47.5 Å². The van der Waals surface area contributed by atoms with Gasteiger partial charge in [0.15, 0.2) is 18.1 Å². The Morgan fingerprint density at radius 2 is 1.73 bits per heavy atom. The van der Waals surface area contributed by atoms with E-state index in [1.807, 2.05) is 26.0 Å². The van der Waals surface area contributed by atoms with Crippen molar-refractivity contribution in [3.63, 3.8) is 0 Å². The number of fused-ring (bicyclic) bond motifs is 1. The third-order valence-corrected chi connectivity index (χ3v) is 6.47. The lowest BCUT2D eigenvalue weighted by Crippen LogP contribution is -2.45. The highest BCUT2D eigenvalue weighted by Gasteiger charge is 2.31. The highest BCUT2D eigenvalue weighted by atomic mass is 32.2. The van der Waals surface area contributed by atoms with Crippen molar-refractivity contribution in [2.75, 3.05) is 25.1 Å². The molecule has 2 N–H and O–H groups in total. The number of esters is 1. The van der Waals surface area contributed by atoms with Gasteiger partial charge in [0.2, 0.25) is 10.0 Å². The van der Waals surface area contributed by atoms with Crippen LogP contribution >= 0.6 is 0 Å². The van der Waals surface area contributed by atoms with Crippen LogP contribution in [-0.2, 0) is 24.3 Å². The summed E-state index contributed by atoms with van der Waals surface area (Å²) in [7, 11) is -4.07. The van der Waals surface area contributed by atoms with Gasteiger partial charge in [-0.3, -0.25) is 9.59 Å². The van der Waals surface area contributed by atoms with E-state index in [9.17, 15) is 18.0 Å². The van der Waals surface area contributed by atoms with Gasteiger partial charge < -0.3 is 19.5 Å². The van der Waals surface area contributed by atoms with Crippen LogP contribution in [0.1, 0.15) is 25.0 Å². The Balaban J connectivity index is 1.64. The average Bonchev–Trinajstić information content (AvgIpc) is 2.77. The van der Waals surface area contributed by atoms with E-state index in [1.54, 1.807) is 19.9 Å². The Bertz CT molecular complexity index is 1150. The van der Waals surface area contributed by atoms with Crippen LogP contribution in [0.4, 0.5) is 5.69 Å². The van der Waals surface area contributed by atoms with Gasteiger partial charge in [0.25, 0.3) is 5.91 Å². The first kappa shape index (κ1) is 24.5. The molecule has 0 unspecified atom stereocenters. The predicted molar refractivity (Wildman–Crippen MR) is 122 cm³/mol. The van der Waals surface area contributed by atoms with Gasteiger partial charge in [-0.15, -0.1) is 0 Å². The molecule has 1 aliphatic rings. The Kier molecular flexibility index (Phi) is 7.60. The van der Waals surface area contributed by atoms with E-state index in [1.165, 1.54) is 18.2 Å². The van der Waals surface area contributed by atoms with Crippen LogP contribution in [0.2, 0.25) is 0 Å². The van der Waals surface area contributed by atoms with Crippen LogP contribution in [0, 0.1) is 19.8 Å². The topological polar surface area (TPSA) is 120 Å². The summed E-state index contributed by atoms with van der Waals surface area (Å²) in [6, 6.07) is 8.58. The van der Waals surface area contributed by atoms with Crippen molar-refractivity contribution in [1.82, 2.24) is 4.72 Å². The number of amides is 1. The second kappa shape index (κ2) is 10.2. The Morgan fingerprint density at radius 3 is 2.39 bits per heavy atom. The molecule has 9 nitrogen and oxygen atoms in total. The molecule has 0 fully saturated rings. The number of ether oxygens (including phenoxy) is 3. The van der Waals surface area contributed by atoms with Crippen molar-refractivity contribution in [2.45, 2.75) is 38.6 Å². The number of aryl methyl sites for hydroxylation is 2. The second-order valence-electron chi connectivity index (χ2n) is 8.12. The molecule has 0 spiro atoms. The first-order chi connectivity index (χ1) is 15.6. The lowest BCUT2D eigenvalue weighted by atomic mass is 10.1. The molecular weight excluding hydrogens is 448 g/mol. The van der Waals surface area contributed by atoms with Crippen molar-refractivity contribution in [2.24, 2.45) is 5.92 Å². The number of benzene rings is 2. The average molecular weight is 477 g/mol. The van der Waals surface area contributed by atoms with Crippen molar-refractivity contribution < 1.29 is 32.2 Å². The van der Waals surface area contributed by atoms with Crippen molar-refractivity contribution in [1.29, 1.82) is 0 Å². The summed E-state index contributed by atoms with van der Waals surface area (Å²) in [5.41, 5.74) is 2.55. The van der Waals surface area contributed by atoms with E-state index in [0.29, 0.717) is 30.4 Å². The fourth-order valence-electron chi connectivity index (χ4n) is 3.25. The van der Waals surface area contributed by atoms with E-state index >= 15 is 0 Å². The zero-order chi connectivity index (χ0) is 24.2. The lowest BCUT2D eigenvalue weighted by Gasteiger charge is -2.22. The monoisotopic (exact) mass is 476 g/mol. The van der Waals surface area contributed by atoms with Crippen LogP contribution in [0.5, 0.6) is 11.5 Å². The summed E-state index contributed by atoms with van der Waals surface area (Å²) in [4.78, 5) is 24.8. The van der Waals surface area contributed by atoms with Gasteiger partial charge in [0, 0.05) is 11.8 Å². The molecule has 0 saturated heterocycles. The number of rotatable bonds is 8. The first-order valence-electron chi connectivity index (χ1n) is 10.5. The normalized spacial score (nSPS) is 14.0. The third kappa shape index (κ3) is 6.23. The van der Waals surface area contributed by atoms with Crippen LogP contribution in [0.25, 0.3) is 0 Å². The highest BCUT2D eigenvalue weighted by Crippen LogP contribution is 2.32. The van der Waals surface area contributed by atoms with E-state index < -0.39 is 40.5 Å². The fraction of sp³-hybridized carbons (Fsp3) is 0.391. The van der Waals surface area contributed by atoms with Gasteiger partial charge >= 0.3 is 5.97 Å². The Morgan fingerprint density at radius 1 is 1.03 bits per heavy atom. The van der Waals surface area contributed by atoms with Crippen LogP contribution in [0.3, 0.4) is 0 Å². The standard InChI is InChI=1S/C23H28N2O7S/c1-14(2)22(23(27)32-13-21(26)24-18-7-5-15(3)11-16(18)4)25-33(28,29)17-6-8-19-20(12-17)31-10-9-30-19/h5-8,11-12,14,22,25H,9-10,13H2,1-4H3,(H,24,26)/t22-/m1/s1. The smallest absolute Gasteiger partial charge is 0.324 e. The maximum Gasteiger partial charge on any atom is 0.324 e. The molecule has 10 heteroatoms. The van der Waals surface area contributed by atoms with Crippen LogP contribution < -0.4 is 19.5 Å². The third-order valence-electron chi connectivity index (χ3n) is 5.03. The van der Waals surface area contributed by atoms with Gasteiger partial charge in [-0.05, 0) is 43.5 Å². The van der Waals surface area contributed by atoms with E-state index in [-0.39, 0.29) is 4.90 Å². The fourth-order valence-corrected chi connectivity index (χ4v) is 4.60. The summed E-state index contributed by atoms with van der Waals surface area (Å²) in [5, 5.41) is 2.68. The molecule has 0 saturated carbocycles. The van der Waals surface area contributed by atoms with Gasteiger partial charge in [0.05, 0.1) is 4.90 Å². The molecule has 1 heterocycles. The number of nitrogens with one attached hydrogen (secondary N) is 2. The number of carbonyl (C=O) groups is 2. The maximum atomic E-state index is 12.9. The first-order valence-corrected chi connectivity index (χ1v) is 12.0. The van der Waals surface area contributed by atoms with Gasteiger partial charge in [0.1, 0.15) is 19.3 Å². The van der Waals surface area contributed by atoms with Crippen LogP contribution in [-0.4, -0.2) is 46.2 Å². The molecule has 0 bridgehead atoms. The number of carbonyl (C=O) groups excluding carboxylic acids is 2. The van der Waals surface area contributed by atoms with Crippen LogP contribution in [0.15, 0.2) is 41.3 Å². The Labute approximate surface area is 193 Å². The molecule has 33 heavy (non-hydrogen) atoms. The minimum atomic E-state index is -4.07. The molecule has 1 aliphatic heterocycles. The van der Waals surface area contributed by atoms with Crippen molar-refractivity contribution >= 4 is 27.6 Å². The summed E-state index contributed by atoms with van der Waals surface area (Å²) in [6.45, 7) is 7.31. The molecule has 2 aromatic rings. The number of anilines is 1. The number of sulfonamides is 1. The number of hydrogen-bond acceptors (Lipinski definition) is 7. The lowest BCUT2D eigenvalue weighted by molar-refractivity contribution is -0.150. The molecule has 1 amide bonds. The Hall–Kier alpha value is -3.11. The zero-order valence-corrected chi connectivity index (χ0v) is 19.8. The maximum absolute atomic E-state index is 12.9. The zero-order valence-electron chi connectivity index (χ0n) is 19.0. The molecule has 0 aliphatic carbocycles. The summed E-state index contributed by atoms with van der Waals surface area (Å²) >= 11 is 0. The summed E-state index contributed by atoms with van der Waals surface area (Å²) < 4.78 is 44.1. The quantitative estimate of drug-likeness (QED) is 0.562. The minimum Gasteiger partial charge on any atom is -0.486 e. The van der Waals surface area contributed by atoms with Gasteiger partial charge in [-0.2, -0.15) is 4.72 Å². The van der Waals surface area contributed by atoms with E-state index in [2.05, 4.69) is 10.0 Å². The predicted octanol–water partition coefficient (Wildman–Crippen LogP) is 2.56. The van der Waals surface area contributed by atoms with Crippen molar-refractivity contribution in [3.8, 4) is 11.5 Å². The molecule has 1 atom stereocenters. The van der Waals surface area contributed by atoms with E-state index in [4.69, 9.17) is 14.2 Å². The largest absolute Gasteiger partial charge is 0.486 e.